The Balaban J connectivity index is 1.57. The van der Waals surface area contributed by atoms with E-state index in [9.17, 15) is 14.7 Å². The molecule has 0 bridgehead atoms. The number of amidine groups is 1. The smallest absolute Gasteiger partial charge is 0.335 e. The van der Waals surface area contributed by atoms with Gasteiger partial charge in [-0.15, -0.1) is 0 Å². The summed E-state index contributed by atoms with van der Waals surface area (Å²) < 4.78 is 11.8. The van der Waals surface area contributed by atoms with Crippen LogP contribution in [0.5, 0.6) is 11.5 Å². The minimum atomic E-state index is -1.04. The highest BCUT2D eigenvalue weighted by Gasteiger charge is 2.32. The number of benzene rings is 3. The van der Waals surface area contributed by atoms with Crippen molar-refractivity contribution in [3.63, 3.8) is 0 Å². The van der Waals surface area contributed by atoms with E-state index < -0.39 is 5.97 Å². The van der Waals surface area contributed by atoms with Crippen LogP contribution in [0, 0.1) is 0 Å². The molecule has 3 aromatic rings. The Morgan fingerprint density at radius 1 is 1.03 bits per heavy atom. The van der Waals surface area contributed by atoms with Crippen molar-refractivity contribution in [1.29, 1.82) is 0 Å². The van der Waals surface area contributed by atoms with Crippen molar-refractivity contribution < 1.29 is 24.2 Å². The van der Waals surface area contributed by atoms with Gasteiger partial charge in [0.25, 0.3) is 5.91 Å². The van der Waals surface area contributed by atoms with Crippen LogP contribution in [0.1, 0.15) is 35.3 Å². The summed E-state index contributed by atoms with van der Waals surface area (Å²) >= 11 is 13.3. The highest BCUT2D eigenvalue weighted by molar-refractivity contribution is 8.18. The molecule has 0 saturated carbocycles. The number of carbonyl (C=O) groups is 2. The van der Waals surface area contributed by atoms with Gasteiger partial charge in [-0.2, -0.15) is 0 Å². The second-order valence-corrected chi connectivity index (χ2v) is 9.91. The highest BCUT2D eigenvalue weighted by Crippen LogP contribution is 2.36. The summed E-state index contributed by atoms with van der Waals surface area (Å²) in [6, 6.07) is 17.1. The van der Waals surface area contributed by atoms with Gasteiger partial charge < -0.3 is 14.6 Å². The van der Waals surface area contributed by atoms with Crippen LogP contribution in [0.2, 0.25) is 10.0 Å². The van der Waals surface area contributed by atoms with E-state index in [1.165, 1.54) is 23.9 Å². The molecule has 0 spiro atoms. The third kappa shape index (κ3) is 6.51. The monoisotopic (exact) mass is 570 g/mol. The van der Waals surface area contributed by atoms with Crippen molar-refractivity contribution in [3.05, 3.63) is 92.3 Å². The molecule has 196 valence electrons. The largest absolute Gasteiger partial charge is 0.490 e. The molecule has 3 aromatic carbocycles. The van der Waals surface area contributed by atoms with E-state index in [-0.39, 0.29) is 18.1 Å². The molecule has 0 unspecified atom stereocenters. The fourth-order valence-corrected chi connectivity index (χ4v) is 5.02. The fraction of sp³-hybridized carbons (Fsp3) is 0.179. The number of amides is 1. The number of carboxylic acids is 1. The van der Waals surface area contributed by atoms with Crippen LogP contribution in [-0.4, -0.2) is 40.2 Å². The first-order valence-corrected chi connectivity index (χ1v) is 13.3. The number of likely N-dealkylation sites (N-methyl/N-ethyl adjacent to an activating group) is 1. The zero-order valence-electron chi connectivity index (χ0n) is 20.6. The second-order valence-electron chi connectivity index (χ2n) is 8.09. The summed E-state index contributed by atoms with van der Waals surface area (Å²) in [6.45, 7) is 4.88. The number of ether oxygens (including phenoxy) is 2. The van der Waals surface area contributed by atoms with Gasteiger partial charge in [-0.05, 0) is 85.3 Å². The summed E-state index contributed by atoms with van der Waals surface area (Å²) in [5.74, 6) is -0.113. The summed E-state index contributed by atoms with van der Waals surface area (Å²) in [6.07, 6.45) is 1.77. The van der Waals surface area contributed by atoms with E-state index in [0.717, 1.165) is 11.1 Å². The van der Waals surface area contributed by atoms with Crippen LogP contribution in [0.25, 0.3) is 6.08 Å². The van der Waals surface area contributed by atoms with Gasteiger partial charge in [0.2, 0.25) is 0 Å². The van der Waals surface area contributed by atoms with Crippen molar-refractivity contribution >= 4 is 63.8 Å². The maximum Gasteiger partial charge on any atom is 0.335 e. The number of halogens is 2. The molecule has 1 saturated heterocycles. The topological polar surface area (TPSA) is 88.4 Å². The first kappa shape index (κ1) is 27.6. The molecule has 1 amide bonds. The van der Waals surface area contributed by atoms with E-state index >= 15 is 0 Å². The van der Waals surface area contributed by atoms with E-state index in [1.54, 1.807) is 41.3 Å². The Morgan fingerprint density at radius 3 is 2.55 bits per heavy atom. The number of thioether (sulfide) groups is 1. The van der Waals surface area contributed by atoms with Gasteiger partial charge in [-0.1, -0.05) is 41.4 Å². The zero-order chi connectivity index (χ0) is 27.2. The minimum absolute atomic E-state index is 0.130. The average molecular weight is 571 g/mol. The maximum atomic E-state index is 13.1. The summed E-state index contributed by atoms with van der Waals surface area (Å²) in [5.41, 5.74) is 2.21. The van der Waals surface area contributed by atoms with Crippen LogP contribution in [0.15, 0.2) is 70.6 Å². The molecule has 1 aliphatic rings. The Morgan fingerprint density at radius 2 is 1.84 bits per heavy atom. The van der Waals surface area contributed by atoms with Gasteiger partial charge in [0.05, 0.1) is 32.8 Å². The standard InChI is InChI=1S/C28H24Cl2N2O5S/c1-3-32-26(33)25(38-28(32)31-20-7-5-6-19(15-20)27(34)35)14-17-9-11-23(24(13-17)36-4-2)37-16-18-8-10-21(29)22(30)12-18/h5-15H,3-4,16H2,1-2H3,(H,34,35). The molecule has 10 heteroatoms. The molecule has 7 nitrogen and oxygen atoms in total. The molecular weight excluding hydrogens is 547 g/mol. The van der Waals surface area contributed by atoms with Crippen molar-refractivity contribution in [2.24, 2.45) is 4.99 Å². The molecule has 1 N–H and O–H groups in total. The quantitative estimate of drug-likeness (QED) is 0.271. The third-order valence-corrected chi connectivity index (χ3v) is 7.21. The Labute approximate surface area is 234 Å². The van der Waals surface area contributed by atoms with Crippen LogP contribution < -0.4 is 9.47 Å². The Hall–Kier alpha value is -3.46. The van der Waals surface area contributed by atoms with Crippen LogP contribution in [0.3, 0.4) is 0 Å². The van der Waals surface area contributed by atoms with E-state index in [0.29, 0.717) is 50.5 Å². The molecular formula is C28H24Cl2N2O5S. The predicted octanol–water partition coefficient (Wildman–Crippen LogP) is 7.29. The molecule has 0 aliphatic carbocycles. The summed E-state index contributed by atoms with van der Waals surface area (Å²) in [7, 11) is 0. The van der Waals surface area contributed by atoms with Gasteiger partial charge in [0.1, 0.15) is 6.61 Å². The van der Waals surface area contributed by atoms with E-state index in [4.69, 9.17) is 32.7 Å². The van der Waals surface area contributed by atoms with E-state index in [2.05, 4.69) is 4.99 Å². The van der Waals surface area contributed by atoms with Crippen molar-refractivity contribution in [2.75, 3.05) is 13.2 Å². The molecule has 4 rings (SSSR count). The maximum absolute atomic E-state index is 13.1. The normalized spacial score (nSPS) is 15.4. The van der Waals surface area contributed by atoms with Crippen LogP contribution in [0.4, 0.5) is 5.69 Å². The number of carbonyl (C=O) groups excluding carboxylic acids is 1. The lowest BCUT2D eigenvalue weighted by Gasteiger charge is -2.13. The lowest BCUT2D eigenvalue weighted by molar-refractivity contribution is -0.122. The van der Waals surface area contributed by atoms with Crippen molar-refractivity contribution in [2.45, 2.75) is 20.5 Å². The first-order valence-electron chi connectivity index (χ1n) is 11.8. The number of hydrogen-bond donors (Lipinski definition) is 1. The first-order chi connectivity index (χ1) is 18.3. The van der Waals surface area contributed by atoms with Gasteiger partial charge in [-0.25, -0.2) is 9.79 Å². The predicted molar refractivity (Wildman–Crippen MR) is 152 cm³/mol. The zero-order valence-corrected chi connectivity index (χ0v) is 22.9. The van der Waals surface area contributed by atoms with Gasteiger partial charge >= 0.3 is 5.97 Å². The number of hydrogen-bond acceptors (Lipinski definition) is 6. The van der Waals surface area contributed by atoms with Crippen LogP contribution >= 0.6 is 35.0 Å². The second kappa shape index (κ2) is 12.4. The number of aromatic carboxylic acids is 1. The molecule has 0 radical (unpaired) electrons. The fourth-order valence-electron chi connectivity index (χ4n) is 3.63. The summed E-state index contributed by atoms with van der Waals surface area (Å²) in [5, 5.41) is 10.7. The molecule has 0 atom stereocenters. The Bertz CT molecular complexity index is 1440. The van der Waals surface area contributed by atoms with Crippen molar-refractivity contribution in [3.8, 4) is 11.5 Å². The molecule has 1 aliphatic heterocycles. The van der Waals surface area contributed by atoms with Crippen molar-refractivity contribution in [1.82, 2.24) is 4.90 Å². The van der Waals surface area contributed by atoms with Gasteiger partial charge in [0, 0.05) is 6.54 Å². The number of rotatable bonds is 9. The third-order valence-electron chi connectivity index (χ3n) is 5.47. The van der Waals surface area contributed by atoms with Crippen LogP contribution in [-0.2, 0) is 11.4 Å². The lowest BCUT2D eigenvalue weighted by Crippen LogP contribution is -2.28. The summed E-state index contributed by atoms with van der Waals surface area (Å²) in [4.78, 5) is 31.0. The average Bonchev–Trinajstić information content (AvgIpc) is 3.19. The number of nitrogens with zero attached hydrogens (tertiary/aromatic N) is 2. The van der Waals surface area contributed by atoms with E-state index in [1.807, 2.05) is 32.0 Å². The lowest BCUT2D eigenvalue weighted by atomic mass is 10.1. The molecule has 0 aromatic heterocycles. The SMILES string of the molecule is CCOc1cc(C=C2SC(=Nc3cccc(C(=O)O)c3)N(CC)C2=O)ccc1OCc1ccc(Cl)c(Cl)c1. The molecule has 38 heavy (non-hydrogen) atoms. The Kier molecular flexibility index (Phi) is 8.99. The molecule has 1 heterocycles. The highest BCUT2D eigenvalue weighted by atomic mass is 35.5. The number of aliphatic imine (C=N–C) groups is 1. The number of carboxylic acid groups (broad SMARTS) is 1. The van der Waals surface area contributed by atoms with Gasteiger partial charge in [-0.3, -0.25) is 9.69 Å². The molecule has 1 fully saturated rings. The van der Waals surface area contributed by atoms with Gasteiger partial charge in [0.15, 0.2) is 16.7 Å². The minimum Gasteiger partial charge on any atom is -0.490 e.